The highest BCUT2D eigenvalue weighted by Crippen LogP contribution is 2.38. The van der Waals surface area contributed by atoms with Crippen LogP contribution in [0.4, 0.5) is 10.1 Å². The van der Waals surface area contributed by atoms with Crippen LogP contribution < -0.4 is 10.6 Å². The Morgan fingerprint density at radius 3 is 2.47 bits per heavy atom. The van der Waals surface area contributed by atoms with Gasteiger partial charge in [-0.2, -0.15) is 0 Å². The van der Waals surface area contributed by atoms with Crippen molar-refractivity contribution >= 4 is 11.6 Å². The third-order valence-electron chi connectivity index (χ3n) is 3.30. The second-order valence-corrected chi connectivity index (χ2v) is 4.60. The monoisotopic (exact) mass is 260 g/mol. The molecule has 1 amide bonds. The summed E-state index contributed by atoms with van der Waals surface area (Å²) in [5, 5.41) is 0. The van der Waals surface area contributed by atoms with Gasteiger partial charge in [-0.15, -0.1) is 0 Å². The zero-order chi connectivity index (χ0) is 13.6. The molecule has 2 N–H and O–H groups in total. The van der Waals surface area contributed by atoms with Gasteiger partial charge in [0.25, 0.3) is 0 Å². The van der Waals surface area contributed by atoms with Crippen molar-refractivity contribution in [3.63, 3.8) is 0 Å². The van der Waals surface area contributed by atoms with E-state index in [1.165, 1.54) is 17.0 Å². The summed E-state index contributed by atoms with van der Waals surface area (Å²) in [6.45, 7) is 1.83. The predicted molar refractivity (Wildman–Crippen MR) is 68.0 cm³/mol. The maximum atomic E-state index is 12.9. The molecule has 1 saturated heterocycles. The molecule has 2 heterocycles. The zero-order valence-electron chi connectivity index (χ0n) is 10.3. The maximum absolute atomic E-state index is 12.9. The Labute approximate surface area is 109 Å². The number of hydrogen-bond donors (Lipinski definition) is 1. The fraction of sp³-hybridized carbons (Fsp3) is 0.214. The van der Waals surface area contributed by atoms with Gasteiger partial charge in [-0.05, 0) is 43.3 Å². The van der Waals surface area contributed by atoms with Crippen LogP contribution in [-0.2, 0) is 4.79 Å². The lowest BCUT2D eigenvalue weighted by atomic mass is 9.92. The van der Waals surface area contributed by atoms with Crippen molar-refractivity contribution in [1.29, 1.82) is 0 Å². The normalized spacial score (nSPS) is 22.5. The molecule has 1 aromatic heterocycles. The first kappa shape index (κ1) is 11.9. The molecule has 0 radical (unpaired) electrons. The standard InChI is InChI=1S/C14H13FN2O2/c1-8-2-7-11(19-8)13-12(16)14(18)17(13)10-5-3-9(15)4-6-10/h2-7,12-13H,16H2,1H3. The number of carbonyl (C=O) groups excluding carboxylic acids is 1. The van der Waals surface area contributed by atoms with Gasteiger partial charge >= 0.3 is 0 Å². The minimum absolute atomic E-state index is 0.189. The van der Waals surface area contributed by atoms with Crippen LogP contribution in [-0.4, -0.2) is 11.9 Å². The Kier molecular flexibility index (Phi) is 2.64. The summed E-state index contributed by atoms with van der Waals surface area (Å²) < 4.78 is 18.5. The van der Waals surface area contributed by atoms with Gasteiger partial charge in [0, 0.05) is 5.69 Å². The van der Waals surface area contributed by atoms with Gasteiger partial charge in [0.1, 0.15) is 29.4 Å². The summed E-state index contributed by atoms with van der Waals surface area (Å²) in [6.07, 6.45) is 0. The molecule has 0 aliphatic carbocycles. The summed E-state index contributed by atoms with van der Waals surface area (Å²) in [5.74, 6) is 0.881. The van der Waals surface area contributed by atoms with Crippen LogP contribution in [0.15, 0.2) is 40.8 Å². The van der Waals surface area contributed by atoms with Crippen molar-refractivity contribution in [1.82, 2.24) is 0 Å². The molecule has 3 rings (SSSR count). The highest BCUT2D eigenvalue weighted by atomic mass is 19.1. The molecule has 2 unspecified atom stereocenters. The molecule has 1 aliphatic rings. The molecule has 1 aromatic carbocycles. The molecule has 5 heteroatoms. The Hall–Kier alpha value is -2.14. The Morgan fingerprint density at radius 2 is 1.89 bits per heavy atom. The number of halogens is 1. The first-order valence-corrected chi connectivity index (χ1v) is 5.98. The number of hydrogen-bond acceptors (Lipinski definition) is 3. The van der Waals surface area contributed by atoms with Crippen molar-refractivity contribution < 1.29 is 13.6 Å². The van der Waals surface area contributed by atoms with Crippen molar-refractivity contribution in [3.8, 4) is 0 Å². The van der Waals surface area contributed by atoms with Gasteiger partial charge in [-0.25, -0.2) is 4.39 Å². The van der Waals surface area contributed by atoms with Crippen LogP contribution in [0.2, 0.25) is 0 Å². The Bertz CT molecular complexity index is 621. The quantitative estimate of drug-likeness (QED) is 0.841. The molecule has 2 atom stereocenters. The average molecular weight is 260 g/mol. The van der Waals surface area contributed by atoms with Gasteiger partial charge in [-0.1, -0.05) is 0 Å². The van der Waals surface area contributed by atoms with Crippen LogP contribution in [0.5, 0.6) is 0 Å². The molecule has 1 aliphatic heterocycles. The van der Waals surface area contributed by atoms with E-state index in [9.17, 15) is 9.18 Å². The third-order valence-corrected chi connectivity index (χ3v) is 3.30. The van der Waals surface area contributed by atoms with Crippen LogP contribution in [0.3, 0.4) is 0 Å². The first-order valence-electron chi connectivity index (χ1n) is 5.98. The molecule has 19 heavy (non-hydrogen) atoms. The lowest BCUT2D eigenvalue weighted by molar-refractivity contribution is -0.126. The molecular weight excluding hydrogens is 247 g/mol. The fourth-order valence-electron chi connectivity index (χ4n) is 2.32. The smallest absolute Gasteiger partial charge is 0.247 e. The molecule has 4 nitrogen and oxygen atoms in total. The van der Waals surface area contributed by atoms with E-state index < -0.39 is 6.04 Å². The molecule has 0 bridgehead atoms. The van der Waals surface area contributed by atoms with Gasteiger partial charge in [0.15, 0.2) is 0 Å². The zero-order valence-corrected chi connectivity index (χ0v) is 10.3. The molecule has 98 valence electrons. The van der Waals surface area contributed by atoms with Crippen molar-refractivity contribution in [2.75, 3.05) is 4.90 Å². The fourth-order valence-corrected chi connectivity index (χ4v) is 2.32. The van der Waals surface area contributed by atoms with E-state index >= 15 is 0 Å². The number of aryl methyl sites for hydroxylation is 1. The number of β-lactam (4-membered cyclic amide) rings is 1. The maximum Gasteiger partial charge on any atom is 0.247 e. The first-order chi connectivity index (χ1) is 9.08. The molecule has 2 aromatic rings. The predicted octanol–water partition coefficient (Wildman–Crippen LogP) is 2.14. The average Bonchev–Trinajstić information content (AvgIpc) is 2.82. The van der Waals surface area contributed by atoms with E-state index in [0.29, 0.717) is 11.4 Å². The number of furan rings is 1. The van der Waals surface area contributed by atoms with E-state index in [4.69, 9.17) is 10.2 Å². The summed E-state index contributed by atoms with van der Waals surface area (Å²) in [6, 6.07) is 8.44. The van der Waals surface area contributed by atoms with E-state index in [1.54, 1.807) is 12.1 Å². The molecule has 0 saturated carbocycles. The number of nitrogens with zero attached hydrogens (tertiary/aromatic N) is 1. The topological polar surface area (TPSA) is 59.5 Å². The van der Waals surface area contributed by atoms with Crippen LogP contribution in [0, 0.1) is 12.7 Å². The van der Waals surface area contributed by atoms with E-state index in [-0.39, 0.29) is 17.8 Å². The minimum atomic E-state index is -0.615. The third kappa shape index (κ3) is 1.82. The number of anilines is 1. The van der Waals surface area contributed by atoms with E-state index in [1.807, 2.05) is 19.1 Å². The summed E-state index contributed by atoms with van der Waals surface area (Å²) >= 11 is 0. The van der Waals surface area contributed by atoms with Crippen molar-refractivity contribution in [2.24, 2.45) is 5.73 Å². The molecule has 0 spiro atoms. The van der Waals surface area contributed by atoms with Crippen molar-refractivity contribution in [2.45, 2.75) is 19.0 Å². The summed E-state index contributed by atoms with van der Waals surface area (Å²) in [4.78, 5) is 13.4. The van der Waals surface area contributed by atoms with Crippen LogP contribution in [0.1, 0.15) is 17.6 Å². The van der Waals surface area contributed by atoms with Crippen LogP contribution in [0.25, 0.3) is 0 Å². The SMILES string of the molecule is Cc1ccc(C2C(N)C(=O)N2c2ccc(F)cc2)o1. The van der Waals surface area contributed by atoms with Gasteiger partial charge in [-0.3, -0.25) is 9.69 Å². The largest absolute Gasteiger partial charge is 0.464 e. The number of amides is 1. The number of nitrogens with two attached hydrogens (primary N) is 1. The minimum Gasteiger partial charge on any atom is -0.464 e. The van der Waals surface area contributed by atoms with Gasteiger partial charge in [0.2, 0.25) is 5.91 Å². The van der Waals surface area contributed by atoms with E-state index in [0.717, 1.165) is 5.76 Å². The lowest BCUT2D eigenvalue weighted by Crippen LogP contribution is -2.63. The second kappa shape index (κ2) is 4.20. The summed E-state index contributed by atoms with van der Waals surface area (Å²) in [7, 11) is 0. The van der Waals surface area contributed by atoms with Crippen molar-refractivity contribution in [3.05, 3.63) is 53.7 Å². The van der Waals surface area contributed by atoms with E-state index in [2.05, 4.69) is 0 Å². The van der Waals surface area contributed by atoms with Crippen LogP contribution >= 0.6 is 0 Å². The summed E-state index contributed by atoms with van der Waals surface area (Å²) in [5.41, 5.74) is 6.46. The van der Waals surface area contributed by atoms with Gasteiger partial charge < -0.3 is 10.2 Å². The Balaban J connectivity index is 1.95. The lowest BCUT2D eigenvalue weighted by Gasteiger charge is -2.44. The Morgan fingerprint density at radius 1 is 1.21 bits per heavy atom. The molecular formula is C14H13FN2O2. The highest BCUT2D eigenvalue weighted by molar-refractivity contribution is 6.05. The number of carbonyl (C=O) groups is 1. The molecule has 1 fully saturated rings. The van der Waals surface area contributed by atoms with Gasteiger partial charge in [0.05, 0.1) is 0 Å². The highest BCUT2D eigenvalue weighted by Gasteiger charge is 2.48. The second-order valence-electron chi connectivity index (χ2n) is 4.60. The number of benzene rings is 1. The number of rotatable bonds is 2.